The van der Waals surface area contributed by atoms with Crippen LogP contribution in [0.2, 0.25) is 0 Å². The van der Waals surface area contributed by atoms with Crippen LogP contribution in [0.1, 0.15) is 74.9 Å². The van der Waals surface area contributed by atoms with Gasteiger partial charge in [0.05, 0.1) is 58.9 Å². The number of amides is 4. The molecule has 8 rings (SSSR count). The van der Waals surface area contributed by atoms with Crippen molar-refractivity contribution < 1.29 is 29.0 Å². The van der Waals surface area contributed by atoms with Gasteiger partial charge in [-0.25, -0.2) is 19.6 Å². The Morgan fingerprint density at radius 2 is 1.58 bits per heavy atom. The van der Waals surface area contributed by atoms with E-state index in [0.717, 1.165) is 34.3 Å². The quantitative estimate of drug-likeness (QED) is 0.0918. The van der Waals surface area contributed by atoms with Gasteiger partial charge < -0.3 is 45.2 Å². The van der Waals surface area contributed by atoms with Crippen LogP contribution in [0.3, 0.4) is 0 Å². The largest absolute Gasteiger partial charge is 0.465 e. The number of nitrogens with one attached hydrogen (secondary N) is 5. The van der Waals surface area contributed by atoms with E-state index < -0.39 is 24.3 Å². The summed E-state index contributed by atoms with van der Waals surface area (Å²) >= 11 is 1.49. The SMILES string of the molecule is COC(=O)N[C@@H](C(=O)N1CCCC1c1ncc(-c2c[nH]c3c(-n4ccc(-c5cnc(C6CCCN6C(=O)[C@@H](NC(=O)O)C(C)C)[nH]5)cc4=O)csc23)[nH]1)c1ccccc1. The van der Waals surface area contributed by atoms with Crippen LogP contribution < -0.4 is 16.2 Å². The summed E-state index contributed by atoms with van der Waals surface area (Å²) in [7, 11) is 1.26. The molecule has 0 radical (unpaired) electrons. The number of thiophene rings is 1. The van der Waals surface area contributed by atoms with E-state index >= 15 is 0 Å². The number of carbonyl (C=O) groups is 4. The molecule has 59 heavy (non-hydrogen) atoms. The number of fused-ring (bicyclic) bond motifs is 1. The molecule has 6 N–H and O–H groups in total. The van der Waals surface area contributed by atoms with Crippen molar-refractivity contribution in [3.8, 4) is 28.2 Å². The monoisotopic (exact) mass is 820 g/mol. The van der Waals surface area contributed by atoms with Gasteiger partial charge in [-0.05, 0) is 43.2 Å². The first-order valence-corrected chi connectivity index (χ1v) is 20.3. The topological polar surface area (TPSA) is 223 Å². The molecule has 0 saturated carbocycles. The van der Waals surface area contributed by atoms with Gasteiger partial charge in [-0.15, -0.1) is 11.3 Å². The summed E-state index contributed by atoms with van der Waals surface area (Å²) in [4.78, 5) is 87.5. The van der Waals surface area contributed by atoms with E-state index in [-0.39, 0.29) is 35.4 Å². The second kappa shape index (κ2) is 16.3. The Labute approximate surface area is 341 Å². The lowest BCUT2D eigenvalue weighted by molar-refractivity contribution is -0.135. The number of H-pyrrole nitrogens is 3. The van der Waals surface area contributed by atoms with Crippen LogP contribution in [0, 0.1) is 5.92 Å². The third-order valence-corrected chi connectivity index (χ3v) is 12.1. The van der Waals surface area contributed by atoms with Crippen LogP contribution in [0.15, 0.2) is 77.4 Å². The minimum atomic E-state index is -1.25. The van der Waals surface area contributed by atoms with Crippen LogP contribution in [0.25, 0.3) is 38.4 Å². The summed E-state index contributed by atoms with van der Waals surface area (Å²) in [6, 6.07) is 9.97. The third kappa shape index (κ3) is 7.58. The summed E-state index contributed by atoms with van der Waals surface area (Å²) in [6.45, 7) is 4.60. The molecule has 1 aromatic carbocycles. The molecule has 2 aliphatic heterocycles. The molecule has 18 heteroatoms. The molecular weight excluding hydrogens is 777 g/mol. The van der Waals surface area contributed by atoms with Gasteiger partial charge >= 0.3 is 12.2 Å². The van der Waals surface area contributed by atoms with Gasteiger partial charge in [0, 0.05) is 48.1 Å². The number of aromatic nitrogens is 6. The number of rotatable bonds is 11. The molecule has 7 heterocycles. The van der Waals surface area contributed by atoms with Crippen molar-refractivity contribution in [3.63, 3.8) is 0 Å². The zero-order valence-corrected chi connectivity index (χ0v) is 33.4. The molecule has 2 aliphatic rings. The highest BCUT2D eigenvalue weighted by molar-refractivity contribution is 7.18. The van der Waals surface area contributed by atoms with Gasteiger partial charge in [0.25, 0.3) is 11.5 Å². The highest BCUT2D eigenvalue weighted by atomic mass is 32.1. The number of hydrogen-bond acceptors (Lipinski definition) is 9. The summed E-state index contributed by atoms with van der Waals surface area (Å²) < 4.78 is 7.32. The van der Waals surface area contributed by atoms with E-state index in [2.05, 4.69) is 30.6 Å². The third-order valence-electron chi connectivity index (χ3n) is 11.1. The normalized spacial score (nSPS) is 17.7. The van der Waals surface area contributed by atoms with E-state index in [0.29, 0.717) is 60.1 Å². The van der Waals surface area contributed by atoms with Crippen LogP contribution in [-0.2, 0) is 14.3 Å². The van der Waals surface area contributed by atoms with Crippen molar-refractivity contribution in [3.05, 3.63) is 100 Å². The Morgan fingerprint density at radius 3 is 2.22 bits per heavy atom. The highest BCUT2D eigenvalue weighted by Crippen LogP contribution is 2.39. The number of methoxy groups -OCH3 is 1. The maximum atomic E-state index is 14.0. The Kier molecular flexibility index (Phi) is 10.8. The lowest BCUT2D eigenvalue weighted by Crippen LogP contribution is -2.50. The molecule has 6 aromatic rings. The second-order valence-electron chi connectivity index (χ2n) is 15.0. The zero-order valence-electron chi connectivity index (χ0n) is 32.6. The molecular formula is C41H44N10O7S. The summed E-state index contributed by atoms with van der Waals surface area (Å²) in [5, 5.41) is 16.3. The maximum Gasteiger partial charge on any atom is 0.407 e. The van der Waals surface area contributed by atoms with E-state index in [4.69, 9.17) is 9.72 Å². The van der Waals surface area contributed by atoms with Crippen molar-refractivity contribution in [2.24, 2.45) is 5.92 Å². The minimum absolute atomic E-state index is 0.232. The van der Waals surface area contributed by atoms with Crippen LogP contribution >= 0.6 is 11.3 Å². The Morgan fingerprint density at radius 1 is 0.915 bits per heavy atom. The molecule has 2 unspecified atom stereocenters. The fourth-order valence-electron chi connectivity index (χ4n) is 8.15. The molecule has 0 spiro atoms. The average molecular weight is 821 g/mol. The van der Waals surface area contributed by atoms with Gasteiger partial charge in [0.15, 0.2) is 0 Å². The smallest absolute Gasteiger partial charge is 0.407 e. The van der Waals surface area contributed by atoms with Gasteiger partial charge in [0.2, 0.25) is 5.91 Å². The number of imidazole rings is 2. The van der Waals surface area contributed by atoms with Gasteiger partial charge in [-0.2, -0.15) is 0 Å². The Hall–Kier alpha value is -6.69. The van der Waals surface area contributed by atoms with Crippen molar-refractivity contribution in [2.75, 3.05) is 20.2 Å². The Balaban J connectivity index is 0.994. The first-order valence-electron chi connectivity index (χ1n) is 19.4. The number of aromatic amines is 3. The lowest BCUT2D eigenvalue weighted by atomic mass is 10.0. The Bertz CT molecular complexity index is 2570. The number of likely N-dealkylation sites (tertiary alicyclic amines) is 2. The number of ether oxygens (including phenoxy) is 1. The van der Waals surface area contributed by atoms with Crippen molar-refractivity contribution in [2.45, 2.75) is 63.7 Å². The second-order valence-corrected chi connectivity index (χ2v) is 15.9. The number of hydrogen-bond donors (Lipinski definition) is 6. The summed E-state index contributed by atoms with van der Waals surface area (Å²) in [5.41, 5.74) is 4.74. The van der Waals surface area contributed by atoms with Crippen LogP contribution in [0.4, 0.5) is 9.59 Å². The van der Waals surface area contributed by atoms with E-state index in [1.165, 1.54) is 24.5 Å². The van der Waals surface area contributed by atoms with E-state index in [1.807, 2.05) is 35.8 Å². The predicted octanol–water partition coefficient (Wildman–Crippen LogP) is 5.88. The lowest BCUT2D eigenvalue weighted by Gasteiger charge is -2.29. The molecule has 0 aliphatic carbocycles. The molecule has 0 bridgehead atoms. The molecule has 2 fully saturated rings. The fourth-order valence-corrected chi connectivity index (χ4v) is 9.18. The minimum Gasteiger partial charge on any atom is -0.465 e. The number of alkyl carbamates (subject to hydrolysis) is 1. The summed E-state index contributed by atoms with van der Waals surface area (Å²) in [5.74, 6) is 0.441. The van der Waals surface area contributed by atoms with Crippen molar-refractivity contribution in [1.82, 2.24) is 49.9 Å². The summed E-state index contributed by atoms with van der Waals surface area (Å²) in [6.07, 6.45) is 7.94. The fraction of sp³-hybridized carbons (Fsp3) is 0.341. The molecule has 2 saturated heterocycles. The number of pyridine rings is 1. The standard InChI is InChI=1S/C41H44N10O7S/c1-22(2)32(47-40(55)56)38(53)50-14-7-11-28(50)36-43-19-26(45-36)24-13-16-49(31(52)17-24)30-21-59-35-25(18-42-34(30)35)27-20-44-37(46-27)29-12-8-15-51(29)39(54)33(48-41(57)58-3)23-9-5-4-6-10-23/h4-6,9-10,13,16-22,28-29,32-33,42,47H,7-8,11-12,14-15H2,1-3H3,(H,43,45)(H,44,46)(H,48,57)(H,55,56)/t28?,29?,32-,33+/m0/s1. The maximum absolute atomic E-state index is 14.0. The number of carboxylic acid groups (broad SMARTS) is 1. The van der Waals surface area contributed by atoms with Crippen molar-refractivity contribution >= 4 is 45.6 Å². The molecule has 4 atom stereocenters. The van der Waals surface area contributed by atoms with Gasteiger partial charge in [-0.3, -0.25) is 19.0 Å². The number of carbonyl (C=O) groups excluding carboxylic acids is 3. The average Bonchev–Trinajstić information content (AvgIpc) is 4.08. The zero-order chi connectivity index (χ0) is 41.4. The van der Waals surface area contributed by atoms with Crippen molar-refractivity contribution in [1.29, 1.82) is 0 Å². The van der Waals surface area contributed by atoms with Crippen LogP contribution in [0.5, 0.6) is 0 Å². The molecule has 5 aromatic heterocycles. The first-order chi connectivity index (χ1) is 28.5. The highest BCUT2D eigenvalue weighted by Gasteiger charge is 2.39. The van der Waals surface area contributed by atoms with Gasteiger partial charge in [-0.1, -0.05) is 44.2 Å². The van der Waals surface area contributed by atoms with E-state index in [1.54, 1.807) is 58.9 Å². The van der Waals surface area contributed by atoms with Gasteiger partial charge in [0.1, 0.15) is 23.7 Å². The van der Waals surface area contributed by atoms with Crippen LogP contribution in [-0.4, -0.2) is 94.6 Å². The number of benzene rings is 1. The predicted molar refractivity (Wildman–Crippen MR) is 219 cm³/mol. The molecule has 306 valence electrons. The molecule has 17 nitrogen and oxygen atoms in total. The van der Waals surface area contributed by atoms with E-state index in [9.17, 15) is 29.1 Å². The number of nitrogens with zero attached hydrogens (tertiary/aromatic N) is 5. The molecule has 4 amide bonds. The first kappa shape index (κ1) is 39.2.